The van der Waals surface area contributed by atoms with Crippen LogP contribution < -0.4 is 10.6 Å². The summed E-state index contributed by atoms with van der Waals surface area (Å²) in [6, 6.07) is 5.42. The Labute approximate surface area is 127 Å². The number of carbonyl (C=O) groups is 2. The lowest BCUT2D eigenvalue weighted by Gasteiger charge is -2.04. The number of aryl methyl sites for hydroxylation is 2. The fourth-order valence-electron chi connectivity index (χ4n) is 1.89. The van der Waals surface area contributed by atoms with Gasteiger partial charge in [0.05, 0.1) is 24.2 Å². The van der Waals surface area contributed by atoms with E-state index >= 15 is 0 Å². The molecule has 2 heterocycles. The number of carbonyl (C=O) groups excluding carboxylic acids is 2. The van der Waals surface area contributed by atoms with E-state index in [1.807, 2.05) is 13.0 Å². The molecule has 21 heavy (non-hydrogen) atoms. The Morgan fingerprint density at radius 3 is 2.76 bits per heavy atom. The number of nitrogens with one attached hydrogen (secondary N) is 2. The van der Waals surface area contributed by atoms with Crippen LogP contribution in [0.4, 0.5) is 0 Å². The summed E-state index contributed by atoms with van der Waals surface area (Å²) in [4.78, 5) is 25.4. The summed E-state index contributed by atoms with van der Waals surface area (Å²) in [6.07, 6.45) is 2.45. The second-order valence-corrected chi connectivity index (χ2v) is 5.84. The van der Waals surface area contributed by atoms with Gasteiger partial charge in [-0.1, -0.05) is 6.92 Å². The molecule has 0 saturated heterocycles. The first kappa shape index (κ1) is 15.3. The Bertz CT molecular complexity index is 617. The minimum absolute atomic E-state index is 0.0437. The zero-order valence-corrected chi connectivity index (χ0v) is 12.9. The molecular weight excluding hydrogens is 288 g/mol. The van der Waals surface area contributed by atoms with E-state index in [0.717, 1.165) is 11.3 Å². The van der Waals surface area contributed by atoms with Crippen molar-refractivity contribution in [3.05, 3.63) is 45.5 Å². The number of hydrogen-bond donors (Lipinski definition) is 2. The van der Waals surface area contributed by atoms with E-state index in [-0.39, 0.29) is 18.4 Å². The maximum atomic E-state index is 12.0. The summed E-state index contributed by atoms with van der Waals surface area (Å²) in [7, 11) is 0. The topological polar surface area (TPSA) is 71.3 Å². The van der Waals surface area contributed by atoms with Gasteiger partial charge in [-0.05, 0) is 37.1 Å². The predicted octanol–water partition coefficient (Wildman–Crippen LogP) is 2.26. The van der Waals surface area contributed by atoms with E-state index in [9.17, 15) is 9.59 Å². The van der Waals surface area contributed by atoms with Crippen LogP contribution >= 0.6 is 11.3 Å². The average molecular weight is 306 g/mol. The van der Waals surface area contributed by atoms with Gasteiger partial charge in [-0.3, -0.25) is 9.59 Å². The van der Waals surface area contributed by atoms with E-state index in [2.05, 4.69) is 17.6 Å². The fraction of sp³-hybridized carbons (Fsp3) is 0.333. The van der Waals surface area contributed by atoms with Gasteiger partial charge in [0.15, 0.2) is 0 Å². The van der Waals surface area contributed by atoms with Gasteiger partial charge in [-0.15, -0.1) is 11.3 Å². The van der Waals surface area contributed by atoms with Crippen molar-refractivity contribution in [3.8, 4) is 0 Å². The molecule has 112 valence electrons. The van der Waals surface area contributed by atoms with E-state index in [1.54, 1.807) is 18.4 Å². The van der Waals surface area contributed by atoms with Gasteiger partial charge in [-0.2, -0.15) is 0 Å². The third-order valence-corrected chi connectivity index (χ3v) is 4.17. The van der Waals surface area contributed by atoms with Crippen molar-refractivity contribution in [1.82, 2.24) is 10.6 Å². The molecule has 0 radical (unpaired) electrons. The normalized spacial score (nSPS) is 10.4. The van der Waals surface area contributed by atoms with E-state index in [0.29, 0.717) is 17.2 Å². The lowest BCUT2D eigenvalue weighted by Crippen LogP contribution is -2.36. The maximum absolute atomic E-state index is 12.0. The van der Waals surface area contributed by atoms with Gasteiger partial charge in [-0.25, -0.2) is 0 Å². The molecule has 0 aliphatic carbocycles. The monoisotopic (exact) mass is 306 g/mol. The molecule has 2 rings (SSSR count). The number of amides is 2. The Hall–Kier alpha value is -2.08. The molecule has 5 nitrogen and oxygen atoms in total. The van der Waals surface area contributed by atoms with E-state index in [1.165, 1.54) is 16.9 Å². The molecule has 0 bridgehead atoms. The van der Waals surface area contributed by atoms with Crippen molar-refractivity contribution in [3.63, 3.8) is 0 Å². The first-order valence-corrected chi connectivity index (χ1v) is 7.58. The van der Waals surface area contributed by atoms with Crippen LogP contribution in [0.2, 0.25) is 0 Å². The van der Waals surface area contributed by atoms with Gasteiger partial charge in [0.1, 0.15) is 5.76 Å². The summed E-state index contributed by atoms with van der Waals surface area (Å²) in [5, 5.41) is 5.30. The zero-order chi connectivity index (χ0) is 15.2. The highest BCUT2D eigenvalue weighted by Gasteiger charge is 2.12. The molecule has 0 aliphatic heterocycles. The molecule has 2 aromatic heterocycles. The van der Waals surface area contributed by atoms with Gasteiger partial charge in [0, 0.05) is 4.88 Å². The number of rotatable bonds is 6. The molecule has 0 unspecified atom stereocenters. The van der Waals surface area contributed by atoms with E-state index in [4.69, 9.17) is 4.42 Å². The molecule has 2 amide bonds. The molecule has 0 saturated carbocycles. The van der Waals surface area contributed by atoms with Crippen molar-refractivity contribution in [2.45, 2.75) is 26.8 Å². The highest BCUT2D eigenvalue weighted by atomic mass is 32.1. The molecule has 0 fully saturated rings. The minimum Gasteiger partial charge on any atom is -0.467 e. The van der Waals surface area contributed by atoms with Crippen LogP contribution in [0, 0.1) is 6.92 Å². The average Bonchev–Trinajstić information content (AvgIpc) is 3.11. The molecule has 0 spiro atoms. The second kappa shape index (κ2) is 7.08. The quantitative estimate of drug-likeness (QED) is 0.860. The summed E-state index contributed by atoms with van der Waals surface area (Å²) in [6.45, 7) is 4.33. The number of hydrogen-bond acceptors (Lipinski definition) is 4. The molecule has 2 N–H and O–H groups in total. The Morgan fingerprint density at radius 2 is 2.14 bits per heavy atom. The zero-order valence-electron chi connectivity index (χ0n) is 12.1. The van der Waals surface area contributed by atoms with Gasteiger partial charge < -0.3 is 15.1 Å². The van der Waals surface area contributed by atoms with E-state index < -0.39 is 0 Å². The fourth-order valence-corrected chi connectivity index (χ4v) is 2.92. The third kappa shape index (κ3) is 4.19. The van der Waals surface area contributed by atoms with Crippen LogP contribution in [0.5, 0.6) is 0 Å². The smallest absolute Gasteiger partial charge is 0.261 e. The summed E-state index contributed by atoms with van der Waals surface area (Å²) >= 11 is 1.45. The van der Waals surface area contributed by atoms with Gasteiger partial charge in [0.25, 0.3) is 5.91 Å². The number of furan rings is 1. The summed E-state index contributed by atoms with van der Waals surface area (Å²) in [5.74, 6) is 0.218. The van der Waals surface area contributed by atoms with Crippen LogP contribution in [0.3, 0.4) is 0 Å². The molecule has 6 heteroatoms. The van der Waals surface area contributed by atoms with Gasteiger partial charge >= 0.3 is 0 Å². The van der Waals surface area contributed by atoms with Crippen molar-refractivity contribution < 1.29 is 14.0 Å². The van der Waals surface area contributed by atoms with Crippen molar-refractivity contribution in [1.29, 1.82) is 0 Å². The lowest BCUT2D eigenvalue weighted by molar-refractivity contribution is -0.120. The van der Waals surface area contributed by atoms with Crippen LogP contribution in [-0.2, 0) is 17.8 Å². The van der Waals surface area contributed by atoms with Crippen LogP contribution in [0.1, 0.15) is 32.8 Å². The molecule has 0 aromatic carbocycles. The first-order chi connectivity index (χ1) is 10.1. The van der Waals surface area contributed by atoms with Crippen molar-refractivity contribution in [2.75, 3.05) is 6.54 Å². The highest BCUT2D eigenvalue weighted by molar-refractivity contribution is 7.14. The molecule has 2 aromatic rings. The third-order valence-electron chi connectivity index (χ3n) is 3.07. The van der Waals surface area contributed by atoms with Crippen LogP contribution in [0.15, 0.2) is 28.9 Å². The molecule has 0 aliphatic rings. The summed E-state index contributed by atoms with van der Waals surface area (Å²) < 4.78 is 5.11. The minimum atomic E-state index is -0.247. The standard InChI is InChI=1S/C15H18N2O3S/c1-3-11-7-13(21-10(11)2)15(19)17-9-14(18)16-8-12-5-4-6-20-12/h4-7H,3,8-9H2,1-2H3,(H,16,18)(H,17,19). The van der Waals surface area contributed by atoms with Crippen LogP contribution in [-0.4, -0.2) is 18.4 Å². The van der Waals surface area contributed by atoms with Crippen molar-refractivity contribution in [2.24, 2.45) is 0 Å². The summed E-state index contributed by atoms with van der Waals surface area (Å²) in [5.41, 5.74) is 1.17. The number of thiophene rings is 1. The first-order valence-electron chi connectivity index (χ1n) is 6.76. The second-order valence-electron chi connectivity index (χ2n) is 4.58. The predicted molar refractivity (Wildman–Crippen MR) is 81.3 cm³/mol. The largest absolute Gasteiger partial charge is 0.467 e. The Morgan fingerprint density at radius 1 is 1.33 bits per heavy atom. The van der Waals surface area contributed by atoms with Crippen molar-refractivity contribution >= 4 is 23.2 Å². The SMILES string of the molecule is CCc1cc(C(=O)NCC(=O)NCc2ccco2)sc1C. The van der Waals surface area contributed by atoms with Crippen LogP contribution in [0.25, 0.3) is 0 Å². The Balaban J connectivity index is 1.78. The molecular formula is C15H18N2O3S. The molecule has 0 atom stereocenters. The lowest BCUT2D eigenvalue weighted by atomic mass is 10.2. The van der Waals surface area contributed by atoms with Gasteiger partial charge in [0.2, 0.25) is 5.91 Å². The Kier molecular flexibility index (Phi) is 5.16. The highest BCUT2D eigenvalue weighted by Crippen LogP contribution is 2.21. The maximum Gasteiger partial charge on any atom is 0.261 e.